The first kappa shape index (κ1) is 17.2. The number of hydrogen-bond donors (Lipinski definition) is 3. The summed E-state index contributed by atoms with van der Waals surface area (Å²) in [4.78, 5) is 43.5. The van der Waals surface area contributed by atoms with Crippen LogP contribution in [0.15, 0.2) is 45.7 Å². The fourth-order valence-electron chi connectivity index (χ4n) is 2.31. The van der Waals surface area contributed by atoms with Crippen molar-refractivity contribution in [3.8, 4) is 0 Å². The molecule has 0 aliphatic heterocycles. The topological polar surface area (TPSA) is 120 Å². The molecule has 26 heavy (non-hydrogen) atoms. The summed E-state index contributed by atoms with van der Waals surface area (Å²) in [5, 5.41) is 5.39. The molecule has 0 aliphatic rings. The molecule has 3 amide bonds. The Kier molecular flexibility index (Phi) is 4.70. The van der Waals surface area contributed by atoms with Crippen molar-refractivity contribution < 1.29 is 14.0 Å². The van der Waals surface area contributed by atoms with Crippen LogP contribution in [0.2, 0.25) is 0 Å². The van der Waals surface area contributed by atoms with Gasteiger partial charge in [0.15, 0.2) is 5.58 Å². The van der Waals surface area contributed by atoms with E-state index in [0.29, 0.717) is 22.5 Å². The lowest BCUT2D eigenvalue weighted by molar-refractivity contribution is 0.102. The van der Waals surface area contributed by atoms with E-state index >= 15 is 0 Å². The number of H-pyrrole nitrogens is 1. The molecule has 0 bridgehead atoms. The second-order valence-electron chi connectivity index (χ2n) is 5.74. The third-order valence-corrected chi connectivity index (χ3v) is 3.60. The van der Waals surface area contributed by atoms with Crippen LogP contribution in [0.4, 0.5) is 10.5 Å². The van der Waals surface area contributed by atoms with Crippen molar-refractivity contribution >= 4 is 28.7 Å². The summed E-state index contributed by atoms with van der Waals surface area (Å²) < 4.78 is 5.06. The maximum absolute atomic E-state index is 12.5. The van der Waals surface area contributed by atoms with Gasteiger partial charge in [-0.05, 0) is 24.3 Å². The zero-order valence-electron chi connectivity index (χ0n) is 14.2. The largest absolute Gasteiger partial charge is 0.417 e. The number of aromatic nitrogens is 2. The highest BCUT2D eigenvalue weighted by molar-refractivity contribution is 6.07. The number of aromatic amines is 1. The van der Waals surface area contributed by atoms with Crippen LogP contribution in [-0.2, 0) is 6.54 Å². The molecule has 0 saturated carbocycles. The Balaban J connectivity index is 1.76. The van der Waals surface area contributed by atoms with Crippen molar-refractivity contribution in [2.24, 2.45) is 0 Å². The van der Waals surface area contributed by atoms with Gasteiger partial charge in [0.1, 0.15) is 0 Å². The SMILES string of the molecule is CN(C)C(=O)NCc1cc(C(=O)Nc2cccc3[nH]c(=O)oc23)ccn1. The summed E-state index contributed by atoms with van der Waals surface area (Å²) in [6.45, 7) is 0.195. The lowest BCUT2D eigenvalue weighted by Crippen LogP contribution is -2.34. The van der Waals surface area contributed by atoms with Crippen molar-refractivity contribution in [2.45, 2.75) is 6.54 Å². The summed E-state index contributed by atoms with van der Waals surface area (Å²) in [5.74, 6) is -0.978. The average molecular weight is 355 g/mol. The zero-order chi connectivity index (χ0) is 18.7. The maximum Gasteiger partial charge on any atom is 0.417 e. The third-order valence-electron chi connectivity index (χ3n) is 3.60. The van der Waals surface area contributed by atoms with Gasteiger partial charge < -0.3 is 20.0 Å². The van der Waals surface area contributed by atoms with Crippen LogP contribution in [0.1, 0.15) is 16.1 Å². The predicted octanol–water partition coefficient (Wildman–Crippen LogP) is 1.54. The number of nitrogens with one attached hydrogen (secondary N) is 3. The number of amides is 3. The molecule has 0 unspecified atom stereocenters. The summed E-state index contributed by atoms with van der Waals surface area (Å²) in [5.41, 5.74) is 2.06. The van der Waals surface area contributed by atoms with E-state index in [1.54, 1.807) is 44.4 Å². The van der Waals surface area contributed by atoms with Gasteiger partial charge in [0, 0.05) is 25.9 Å². The number of rotatable bonds is 4. The van der Waals surface area contributed by atoms with E-state index in [4.69, 9.17) is 4.42 Å². The van der Waals surface area contributed by atoms with E-state index in [1.165, 1.54) is 11.1 Å². The number of oxazole rings is 1. The van der Waals surface area contributed by atoms with E-state index in [0.717, 1.165) is 0 Å². The molecule has 0 fully saturated rings. The Morgan fingerprint density at radius 1 is 1.27 bits per heavy atom. The third kappa shape index (κ3) is 3.72. The number of nitrogens with zero attached hydrogens (tertiary/aromatic N) is 2. The summed E-state index contributed by atoms with van der Waals surface area (Å²) in [6.07, 6.45) is 1.49. The van der Waals surface area contributed by atoms with Gasteiger partial charge in [0.25, 0.3) is 5.91 Å². The van der Waals surface area contributed by atoms with Gasteiger partial charge in [0.05, 0.1) is 23.4 Å². The molecule has 3 aromatic rings. The molecule has 0 spiro atoms. The van der Waals surface area contributed by atoms with E-state index in [9.17, 15) is 14.4 Å². The monoisotopic (exact) mass is 355 g/mol. The number of fused-ring (bicyclic) bond motifs is 1. The molecule has 134 valence electrons. The van der Waals surface area contributed by atoms with Crippen molar-refractivity contribution in [1.29, 1.82) is 0 Å². The highest BCUT2D eigenvalue weighted by Crippen LogP contribution is 2.21. The van der Waals surface area contributed by atoms with E-state index in [1.807, 2.05) is 0 Å². The molecule has 2 aromatic heterocycles. The number of benzene rings is 1. The maximum atomic E-state index is 12.5. The van der Waals surface area contributed by atoms with Gasteiger partial charge in [-0.25, -0.2) is 9.59 Å². The molecule has 9 heteroatoms. The smallest absolute Gasteiger partial charge is 0.406 e. The lowest BCUT2D eigenvalue weighted by Gasteiger charge is -2.12. The van der Waals surface area contributed by atoms with Crippen LogP contribution in [-0.4, -0.2) is 40.9 Å². The molecule has 0 radical (unpaired) electrons. The molecular formula is C17H17N5O4. The number of para-hydroxylation sites is 1. The fraction of sp³-hybridized carbons (Fsp3) is 0.176. The molecule has 0 aliphatic carbocycles. The van der Waals surface area contributed by atoms with Crippen molar-refractivity contribution in [1.82, 2.24) is 20.2 Å². The first-order valence-corrected chi connectivity index (χ1v) is 7.77. The Bertz CT molecular complexity index is 1020. The normalized spacial score (nSPS) is 10.5. The molecule has 0 saturated heterocycles. The first-order valence-electron chi connectivity index (χ1n) is 7.77. The minimum absolute atomic E-state index is 0.195. The lowest BCUT2D eigenvalue weighted by atomic mass is 10.2. The predicted molar refractivity (Wildman–Crippen MR) is 94.9 cm³/mol. The van der Waals surface area contributed by atoms with Crippen LogP contribution in [0.5, 0.6) is 0 Å². The van der Waals surface area contributed by atoms with Crippen LogP contribution < -0.4 is 16.4 Å². The summed E-state index contributed by atoms with van der Waals surface area (Å²) >= 11 is 0. The fourth-order valence-corrected chi connectivity index (χ4v) is 2.31. The Morgan fingerprint density at radius 3 is 2.85 bits per heavy atom. The van der Waals surface area contributed by atoms with Gasteiger partial charge in [-0.1, -0.05) is 6.07 Å². The minimum atomic E-state index is -0.593. The van der Waals surface area contributed by atoms with E-state index < -0.39 is 5.76 Å². The summed E-state index contributed by atoms with van der Waals surface area (Å²) in [7, 11) is 3.26. The van der Waals surface area contributed by atoms with Gasteiger partial charge in [-0.15, -0.1) is 0 Å². The number of urea groups is 1. The van der Waals surface area contributed by atoms with Crippen LogP contribution in [0.3, 0.4) is 0 Å². The Hall–Kier alpha value is -3.62. The van der Waals surface area contributed by atoms with Crippen molar-refractivity contribution in [2.75, 3.05) is 19.4 Å². The van der Waals surface area contributed by atoms with Crippen molar-refractivity contribution in [3.05, 3.63) is 58.3 Å². The number of carbonyl (C=O) groups is 2. The molecule has 3 rings (SSSR count). The van der Waals surface area contributed by atoms with Crippen LogP contribution in [0, 0.1) is 0 Å². The van der Waals surface area contributed by atoms with Gasteiger partial charge in [-0.2, -0.15) is 0 Å². The van der Waals surface area contributed by atoms with Gasteiger partial charge >= 0.3 is 11.8 Å². The van der Waals surface area contributed by atoms with Crippen LogP contribution >= 0.6 is 0 Å². The highest BCUT2D eigenvalue weighted by atomic mass is 16.4. The zero-order valence-corrected chi connectivity index (χ0v) is 14.2. The Morgan fingerprint density at radius 2 is 2.08 bits per heavy atom. The van der Waals surface area contributed by atoms with Crippen molar-refractivity contribution in [3.63, 3.8) is 0 Å². The van der Waals surface area contributed by atoms with Gasteiger partial charge in [0.2, 0.25) is 0 Å². The van der Waals surface area contributed by atoms with E-state index in [2.05, 4.69) is 20.6 Å². The molecule has 0 atom stereocenters. The quantitative estimate of drug-likeness (QED) is 0.656. The van der Waals surface area contributed by atoms with Crippen LogP contribution in [0.25, 0.3) is 11.1 Å². The minimum Gasteiger partial charge on any atom is -0.406 e. The summed E-state index contributed by atoms with van der Waals surface area (Å²) in [6, 6.07) is 7.89. The molecule has 3 N–H and O–H groups in total. The first-order chi connectivity index (χ1) is 12.4. The molecular weight excluding hydrogens is 338 g/mol. The second-order valence-corrected chi connectivity index (χ2v) is 5.74. The number of pyridine rings is 1. The number of hydrogen-bond acceptors (Lipinski definition) is 5. The highest BCUT2D eigenvalue weighted by Gasteiger charge is 2.12. The number of carbonyl (C=O) groups excluding carboxylic acids is 2. The second kappa shape index (κ2) is 7.09. The number of anilines is 1. The van der Waals surface area contributed by atoms with E-state index in [-0.39, 0.29) is 24.1 Å². The Labute approximate surface area is 148 Å². The molecule has 9 nitrogen and oxygen atoms in total. The van der Waals surface area contributed by atoms with Gasteiger partial charge in [-0.3, -0.25) is 14.8 Å². The standard InChI is InChI=1S/C17H17N5O4/c1-22(2)16(24)19-9-11-8-10(6-7-18-11)15(23)20-12-4-3-5-13-14(12)26-17(25)21-13/h3-8H,9H2,1-2H3,(H,19,24)(H,20,23)(H,21,25). The molecule has 2 heterocycles. The molecule has 1 aromatic carbocycles. The average Bonchev–Trinajstić information content (AvgIpc) is 3.01.